The van der Waals surface area contributed by atoms with Crippen LogP contribution in [0.25, 0.3) is 0 Å². The van der Waals surface area contributed by atoms with Gasteiger partial charge in [-0.05, 0) is 30.2 Å². The van der Waals surface area contributed by atoms with E-state index >= 15 is 0 Å². The van der Waals surface area contributed by atoms with E-state index in [1.54, 1.807) is 0 Å². The molecular weight excluding hydrogens is 150 g/mol. The molecule has 0 radical (unpaired) electrons. The number of rotatable bonds is 2. The molecule has 1 aromatic carbocycles. The molecule has 0 aromatic heterocycles. The summed E-state index contributed by atoms with van der Waals surface area (Å²) in [7, 11) is 0. The molecule has 2 nitrogen and oxygen atoms in total. The lowest BCUT2D eigenvalue weighted by molar-refractivity contribution is -0.108. The molecule has 0 amide bonds. The van der Waals surface area contributed by atoms with Crippen molar-refractivity contribution in [1.29, 1.82) is 0 Å². The zero-order valence-corrected chi connectivity index (χ0v) is 7.37. The molecule has 1 aromatic rings. The third-order valence-electron chi connectivity index (χ3n) is 2.00. The number of carbonyl (C=O) groups excluding carboxylic acids is 1. The van der Waals surface area contributed by atoms with Crippen LogP contribution in [0.1, 0.15) is 24.0 Å². The van der Waals surface area contributed by atoms with Crippen molar-refractivity contribution in [3.05, 3.63) is 29.3 Å². The number of carbonyl (C=O) groups is 1. The number of nitrogen functional groups attached to an aromatic ring is 1. The molecule has 0 bridgehead atoms. The minimum atomic E-state index is -0.0616. The van der Waals surface area contributed by atoms with Crippen LogP contribution in [0.3, 0.4) is 0 Å². The van der Waals surface area contributed by atoms with Crippen LogP contribution in [0.2, 0.25) is 0 Å². The van der Waals surface area contributed by atoms with Crippen LogP contribution in [0.4, 0.5) is 5.69 Å². The summed E-state index contributed by atoms with van der Waals surface area (Å²) in [6.07, 6.45) is 0.932. The van der Waals surface area contributed by atoms with Gasteiger partial charge >= 0.3 is 0 Å². The fourth-order valence-electron chi connectivity index (χ4n) is 1.22. The second-order valence-electron chi connectivity index (χ2n) is 3.04. The van der Waals surface area contributed by atoms with Crippen molar-refractivity contribution >= 4 is 12.0 Å². The van der Waals surface area contributed by atoms with Gasteiger partial charge in [0.1, 0.15) is 6.29 Å². The van der Waals surface area contributed by atoms with Crippen LogP contribution >= 0.6 is 0 Å². The number of aldehydes is 1. The first-order valence-electron chi connectivity index (χ1n) is 3.96. The minimum Gasteiger partial charge on any atom is -0.399 e. The predicted octanol–water partition coefficient (Wildman–Crippen LogP) is 1.88. The molecule has 12 heavy (non-hydrogen) atoms. The van der Waals surface area contributed by atoms with Gasteiger partial charge in [-0.25, -0.2) is 0 Å². The predicted molar refractivity (Wildman–Crippen MR) is 50.1 cm³/mol. The van der Waals surface area contributed by atoms with Crippen LogP contribution in [0.5, 0.6) is 0 Å². The van der Waals surface area contributed by atoms with E-state index in [1.807, 2.05) is 32.0 Å². The Morgan fingerprint density at radius 3 is 2.75 bits per heavy atom. The second-order valence-corrected chi connectivity index (χ2v) is 3.04. The number of nitrogens with two attached hydrogens (primary N) is 1. The first-order valence-corrected chi connectivity index (χ1v) is 3.96. The van der Waals surface area contributed by atoms with Crippen molar-refractivity contribution in [2.75, 3.05) is 5.73 Å². The zero-order chi connectivity index (χ0) is 9.14. The molecular formula is C10H13NO. The van der Waals surface area contributed by atoms with Crippen molar-refractivity contribution in [1.82, 2.24) is 0 Å². The Balaban J connectivity index is 3.12. The lowest BCUT2D eigenvalue weighted by Crippen LogP contribution is -1.98. The second kappa shape index (κ2) is 3.39. The fourth-order valence-corrected chi connectivity index (χ4v) is 1.22. The summed E-state index contributed by atoms with van der Waals surface area (Å²) >= 11 is 0. The van der Waals surface area contributed by atoms with E-state index < -0.39 is 0 Å². The van der Waals surface area contributed by atoms with E-state index in [9.17, 15) is 4.79 Å². The first kappa shape index (κ1) is 8.78. The Morgan fingerprint density at radius 1 is 1.50 bits per heavy atom. The molecule has 0 heterocycles. The van der Waals surface area contributed by atoms with Gasteiger partial charge < -0.3 is 10.5 Å². The maximum absolute atomic E-state index is 10.5. The summed E-state index contributed by atoms with van der Waals surface area (Å²) in [5.41, 5.74) is 8.45. The van der Waals surface area contributed by atoms with Gasteiger partial charge in [-0.2, -0.15) is 0 Å². The van der Waals surface area contributed by atoms with Crippen LogP contribution < -0.4 is 5.73 Å². The average Bonchev–Trinajstić information content (AvgIpc) is 2.08. The summed E-state index contributed by atoms with van der Waals surface area (Å²) < 4.78 is 0. The van der Waals surface area contributed by atoms with E-state index in [-0.39, 0.29) is 5.92 Å². The summed E-state index contributed by atoms with van der Waals surface area (Å²) in [5.74, 6) is -0.0616. The van der Waals surface area contributed by atoms with Gasteiger partial charge in [0.2, 0.25) is 0 Å². The topological polar surface area (TPSA) is 43.1 Å². The van der Waals surface area contributed by atoms with E-state index in [0.717, 1.165) is 17.4 Å². The van der Waals surface area contributed by atoms with E-state index in [1.165, 1.54) is 0 Å². The highest BCUT2D eigenvalue weighted by Gasteiger charge is 2.06. The molecule has 0 fully saturated rings. The minimum absolute atomic E-state index is 0.0616. The number of hydrogen-bond acceptors (Lipinski definition) is 2. The average molecular weight is 163 g/mol. The molecule has 1 unspecified atom stereocenters. The molecule has 0 saturated carbocycles. The molecule has 0 aliphatic heterocycles. The van der Waals surface area contributed by atoms with E-state index in [2.05, 4.69) is 0 Å². The lowest BCUT2D eigenvalue weighted by atomic mass is 9.97. The van der Waals surface area contributed by atoms with Crippen molar-refractivity contribution in [3.8, 4) is 0 Å². The fraction of sp³-hybridized carbons (Fsp3) is 0.300. The molecule has 0 spiro atoms. The lowest BCUT2D eigenvalue weighted by Gasteiger charge is -2.08. The van der Waals surface area contributed by atoms with Crippen LogP contribution in [0, 0.1) is 6.92 Å². The maximum atomic E-state index is 10.5. The van der Waals surface area contributed by atoms with Gasteiger partial charge in [-0.1, -0.05) is 13.0 Å². The third-order valence-corrected chi connectivity index (χ3v) is 2.00. The third kappa shape index (κ3) is 1.64. The summed E-state index contributed by atoms with van der Waals surface area (Å²) in [5, 5.41) is 0. The Labute approximate surface area is 72.4 Å². The van der Waals surface area contributed by atoms with Crippen LogP contribution in [-0.4, -0.2) is 6.29 Å². The zero-order valence-electron chi connectivity index (χ0n) is 7.37. The number of hydrogen-bond donors (Lipinski definition) is 1. The molecule has 1 rings (SSSR count). The highest BCUT2D eigenvalue weighted by molar-refractivity contribution is 5.64. The number of benzene rings is 1. The Hall–Kier alpha value is -1.31. The molecule has 0 aliphatic rings. The highest BCUT2D eigenvalue weighted by Crippen LogP contribution is 2.20. The SMILES string of the molecule is Cc1ccc(N)cc1C(C)C=O. The van der Waals surface area contributed by atoms with E-state index in [4.69, 9.17) is 5.73 Å². The van der Waals surface area contributed by atoms with Gasteiger partial charge in [-0.15, -0.1) is 0 Å². The van der Waals surface area contributed by atoms with Crippen molar-refractivity contribution in [3.63, 3.8) is 0 Å². The molecule has 0 aliphatic carbocycles. The smallest absolute Gasteiger partial charge is 0.127 e. The summed E-state index contributed by atoms with van der Waals surface area (Å²) in [6, 6.07) is 5.63. The number of aryl methyl sites for hydroxylation is 1. The van der Waals surface area contributed by atoms with Gasteiger partial charge in [0.25, 0.3) is 0 Å². The first-order chi connectivity index (χ1) is 5.65. The van der Waals surface area contributed by atoms with Crippen molar-refractivity contribution in [2.45, 2.75) is 19.8 Å². The Bertz CT molecular complexity index is 294. The Kier molecular flexibility index (Phi) is 2.48. The largest absolute Gasteiger partial charge is 0.399 e. The maximum Gasteiger partial charge on any atom is 0.127 e. The monoisotopic (exact) mass is 163 g/mol. The van der Waals surface area contributed by atoms with Crippen LogP contribution in [-0.2, 0) is 4.79 Å². The molecule has 0 saturated heterocycles. The number of anilines is 1. The van der Waals surface area contributed by atoms with Gasteiger partial charge in [0, 0.05) is 11.6 Å². The standard InChI is InChI=1S/C10H13NO/c1-7-3-4-9(11)5-10(7)8(2)6-12/h3-6,8H,11H2,1-2H3. The van der Waals surface area contributed by atoms with Gasteiger partial charge in [0.05, 0.1) is 0 Å². The molecule has 64 valence electrons. The van der Waals surface area contributed by atoms with Crippen molar-refractivity contribution < 1.29 is 4.79 Å². The molecule has 2 heteroatoms. The molecule has 1 atom stereocenters. The summed E-state index contributed by atoms with van der Waals surface area (Å²) in [6.45, 7) is 3.85. The van der Waals surface area contributed by atoms with Crippen LogP contribution in [0.15, 0.2) is 18.2 Å². The van der Waals surface area contributed by atoms with Crippen molar-refractivity contribution in [2.24, 2.45) is 0 Å². The quantitative estimate of drug-likeness (QED) is 0.534. The summed E-state index contributed by atoms with van der Waals surface area (Å²) in [4.78, 5) is 10.5. The van der Waals surface area contributed by atoms with Gasteiger partial charge in [0.15, 0.2) is 0 Å². The molecule has 2 N–H and O–H groups in total. The Morgan fingerprint density at radius 2 is 2.17 bits per heavy atom. The van der Waals surface area contributed by atoms with E-state index in [0.29, 0.717) is 5.69 Å². The normalized spacial score (nSPS) is 12.5. The van der Waals surface area contributed by atoms with Gasteiger partial charge in [-0.3, -0.25) is 0 Å². The highest BCUT2D eigenvalue weighted by atomic mass is 16.1.